The third kappa shape index (κ3) is 4.12. The molecule has 164 valence electrons. The zero-order chi connectivity index (χ0) is 22.2. The molecule has 30 heavy (non-hydrogen) atoms. The van der Waals surface area contributed by atoms with Gasteiger partial charge in [-0.3, -0.25) is 29.2 Å². The van der Waals surface area contributed by atoms with E-state index in [4.69, 9.17) is 9.94 Å². The van der Waals surface area contributed by atoms with E-state index in [1.165, 1.54) is 0 Å². The number of carbonyl (C=O) groups excluding carboxylic acids is 1. The number of hydrogen-bond acceptors (Lipinski definition) is 9. The van der Waals surface area contributed by atoms with Crippen LogP contribution in [0.3, 0.4) is 0 Å². The van der Waals surface area contributed by atoms with Crippen molar-refractivity contribution in [2.24, 2.45) is 11.1 Å². The van der Waals surface area contributed by atoms with E-state index in [2.05, 4.69) is 30.2 Å². The number of alkyl halides is 3. The molecule has 0 spiro atoms. The number of carbonyl (C=O) groups is 1. The summed E-state index contributed by atoms with van der Waals surface area (Å²) >= 11 is 0. The molecule has 12 nitrogen and oxygen atoms in total. The summed E-state index contributed by atoms with van der Waals surface area (Å²) in [4.78, 5) is 34.3. The van der Waals surface area contributed by atoms with Crippen molar-refractivity contribution < 1.29 is 37.8 Å². The minimum Gasteiger partial charge on any atom is -0.411 e. The molecule has 2 aromatic heterocycles. The zero-order valence-electron chi connectivity index (χ0n) is 15.5. The van der Waals surface area contributed by atoms with Crippen molar-refractivity contribution in [1.29, 1.82) is 0 Å². The van der Waals surface area contributed by atoms with E-state index in [0.29, 0.717) is 0 Å². The zero-order valence-corrected chi connectivity index (χ0v) is 15.5. The lowest BCUT2D eigenvalue weighted by atomic mass is 10.1. The number of oxime groups is 1. The summed E-state index contributed by atoms with van der Waals surface area (Å²) in [6.45, 7) is 2.41. The molecule has 1 saturated heterocycles. The third-order valence-corrected chi connectivity index (χ3v) is 4.20. The van der Waals surface area contributed by atoms with Gasteiger partial charge in [-0.15, -0.1) is 13.2 Å². The molecule has 15 heteroatoms. The highest BCUT2D eigenvalue weighted by atomic mass is 19.4. The Morgan fingerprint density at radius 1 is 1.50 bits per heavy atom. The summed E-state index contributed by atoms with van der Waals surface area (Å²) in [7, 11) is 0. The largest absolute Gasteiger partial charge is 0.523 e. The summed E-state index contributed by atoms with van der Waals surface area (Å²) in [6.07, 6.45) is -9.20. The lowest BCUT2D eigenvalue weighted by Crippen LogP contribution is -2.35. The normalized spacial score (nSPS) is 23.6. The Hall–Kier alpha value is -3.04. The van der Waals surface area contributed by atoms with Gasteiger partial charge in [-0.2, -0.15) is 4.98 Å². The van der Waals surface area contributed by atoms with Gasteiger partial charge in [0.15, 0.2) is 23.5 Å². The number of nitrogens with zero attached hydrogens (tertiary/aromatic N) is 4. The van der Waals surface area contributed by atoms with E-state index in [0.717, 1.165) is 10.9 Å². The minimum absolute atomic E-state index is 0.227. The molecule has 1 aliphatic rings. The number of H-pyrrole nitrogens is 1. The first-order valence-electron chi connectivity index (χ1n) is 8.56. The number of hydrogen-bond donors (Lipinski definition) is 4. The molecule has 2 aromatic rings. The van der Waals surface area contributed by atoms with Crippen molar-refractivity contribution in [3.05, 3.63) is 16.7 Å². The van der Waals surface area contributed by atoms with Crippen LogP contribution in [0.15, 0.2) is 16.3 Å². The highest BCUT2D eigenvalue weighted by molar-refractivity contribution is 5.94. The SMILES string of the molecule is CC(C)C(=O)Nc1nc2c(ncn2[C@@H]2O[C@H](CO)C(=NO)[C@H]2OC(F)(F)F)c(=O)[nH]1. The fourth-order valence-electron chi connectivity index (χ4n) is 2.80. The predicted molar refractivity (Wildman–Crippen MR) is 92.8 cm³/mol. The quantitative estimate of drug-likeness (QED) is 0.386. The number of aliphatic hydroxyl groups excluding tert-OH is 1. The van der Waals surface area contributed by atoms with E-state index in [9.17, 15) is 27.9 Å². The number of aliphatic hydroxyl groups is 1. The Morgan fingerprint density at radius 2 is 2.20 bits per heavy atom. The van der Waals surface area contributed by atoms with Gasteiger partial charge in [0.25, 0.3) is 5.56 Å². The first kappa shape index (κ1) is 21.7. The standard InChI is InChI=1S/C15H17F3N6O6/c1-5(2)11(26)21-14-20-10-8(12(27)22-14)19-4-24(10)13-9(30-15(16,17)18)7(23-28)6(3-25)29-13/h4-6,9,13,25,28H,3H2,1-2H3,(H2,20,21,22,26,27)/t6-,9-,13-/m1/s1. The topological polar surface area (TPSA) is 164 Å². The molecule has 0 unspecified atom stereocenters. The molecule has 4 N–H and O–H groups in total. The lowest BCUT2D eigenvalue weighted by Gasteiger charge is -2.21. The first-order chi connectivity index (χ1) is 14.1. The second kappa shape index (κ2) is 8.00. The molecule has 3 atom stereocenters. The number of rotatable bonds is 5. The molecule has 0 bridgehead atoms. The molecule has 3 heterocycles. The van der Waals surface area contributed by atoms with Gasteiger partial charge in [0.1, 0.15) is 11.8 Å². The van der Waals surface area contributed by atoms with Crippen LogP contribution in [0, 0.1) is 5.92 Å². The van der Waals surface area contributed by atoms with Gasteiger partial charge in [0.05, 0.1) is 12.9 Å². The highest BCUT2D eigenvalue weighted by Crippen LogP contribution is 2.35. The molecule has 1 amide bonds. The number of anilines is 1. The maximum atomic E-state index is 12.9. The number of amides is 1. The van der Waals surface area contributed by atoms with Gasteiger partial charge in [0, 0.05) is 5.92 Å². The van der Waals surface area contributed by atoms with Crippen molar-refractivity contribution in [3.63, 3.8) is 0 Å². The summed E-state index contributed by atoms with van der Waals surface area (Å²) in [6, 6.07) is 0. The molecular weight excluding hydrogens is 417 g/mol. The molecule has 0 saturated carbocycles. The average molecular weight is 434 g/mol. The second-order valence-corrected chi connectivity index (χ2v) is 6.59. The van der Waals surface area contributed by atoms with Crippen LogP contribution in [0.4, 0.5) is 19.1 Å². The van der Waals surface area contributed by atoms with Crippen LogP contribution >= 0.6 is 0 Å². The van der Waals surface area contributed by atoms with Gasteiger partial charge >= 0.3 is 6.36 Å². The Kier molecular flexibility index (Phi) is 5.78. The number of fused-ring (bicyclic) bond motifs is 1. The fraction of sp³-hybridized carbons (Fsp3) is 0.533. The van der Waals surface area contributed by atoms with Crippen molar-refractivity contribution >= 4 is 28.7 Å². The number of aromatic nitrogens is 4. The Morgan fingerprint density at radius 3 is 2.77 bits per heavy atom. The van der Waals surface area contributed by atoms with Gasteiger partial charge in [0.2, 0.25) is 11.9 Å². The Balaban J connectivity index is 2.08. The summed E-state index contributed by atoms with van der Waals surface area (Å²) in [5.74, 6) is -1.16. The molecule has 0 aliphatic carbocycles. The lowest BCUT2D eigenvalue weighted by molar-refractivity contribution is -0.342. The summed E-state index contributed by atoms with van der Waals surface area (Å²) in [5.41, 5.74) is -1.85. The third-order valence-electron chi connectivity index (χ3n) is 4.20. The van der Waals surface area contributed by atoms with Crippen LogP contribution in [0.2, 0.25) is 0 Å². The fourth-order valence-corrected chi connectivity index (χ4v) is 2.80. The number of halogens is 3. The van der Waals surface area contributed by atoms with Crippen LogP contribution in [0.25, 0.3) is 11.2 Å². The Labute approximate surface area is 165 Å². The minimum atomic E-state index is -5.13. The van der Waals surface area contributed by atoms with E-state index in [-0.39, 0.29) is 17.1 Å². The second-order valence-electron chi connectivity index (χ2n) is 6.59. The Bertz CT molecular complexity index is 1030. The van der Waals surface area contributed by atoms with Crippen molar-refractivity contribution in [2.45, 2.75) is 38.6 Å². The molecule has 1 aliphatic heterocycles. The maximum Gasteiger partial charge on any atom is 0.523 e. The molecule has 3 rings (SSSR count). The monoisotopic (exact) mass is 434 g/mol. The van der Waals surface area contributed by atoms with Crippen LogP contribution in [0.5, 0.6) is 0 Å². The molecular formula is C15H17F3N6O6. The van der Waals surface area contributed by atoms with Crippen LogP contribution in [-0.2, 0) is 14.3 Å². The van der Waals surface area contributed by atoms with Gasteiger partial charge in [-0.05, 0) is 0 Å². The first-order valence-corrected chi connectivity index (χ1v) is 8.56. The predicted octanol–water partition coefficient (Wildman–Crippen LogP) is 0.339. The smallest absolute Gasteiger partial charge is 0.411 e. The maximum absolute atomic E-state index is 12.9. The summed E-state index contributed by atoms with van der Waals surface area (Å²) < 4.78 is 49.0. The number of nitrogens with one attached hydrogen (secondary N) is 2. The van der Waals surface area contributed by atoms with Crippen molar-refractivity contribution in [2.75, 3.05) is 11.9 Å². The highest BCUT2D eigenvalue weighted by Gasteiger charge is 2.50. The van der Waals surface area contributed by atoms with Crippen LogP contribution in [-0.4, -0.2) is 66.6 Å². The summed E-state index contributed by atoms with van der Waals surface area (Å²) in [5, 5.41) is 23.6. The number of ether oxygens (including phenoxy) is 2. The van der Waals surface area contributed by atoms with Crippen LogP contribution in [0.1, 0.15) is 20.1 Å². The molecule has 1 fully saturated rings. The van der Waals surface area contributed by atoms with Gasteiger partial charge in [-0.1, -0.05) is 19.0 Å². The van der Waals surface area contributed by atoms with Crippen molar-refractivity contribution in [1.82, 2.24) is 19.5 Å². The van der Waals surface area contributed by atoms with Gasteiger partial charge < -0.3 is 15.1 Å². The molecule has 0 radical (unpaired) electrons. The van der Waals surface area contributed by atoms with Crippen molar-refractivity contribution in [3.8, 4) is 0 Å². The van der Waals surface area contributed by atoms with E-state index in [1.807, 2.05) is 0 Å². The van der Waals surface area contributed by atoms with Crippen LogP contribution < -0.4 is 10.9 Å². The average Bonchev–Trinajstić information content (AvgIpc) is 3.21. The van der Waals surface area contributed by atoms with Gasteiger partial charge in [-0.25, -0.2) is 4.98 Å². The van der Waals surface area contributed by atoms with E-state index < -0.39 is 54.5 Å². The van der Waals surface area contributed by atoms with E-state index >= 15 is 0 Å². The number of imidazole rings is 1. The van der Waals surface area contributed by atoms with E-state index in [1.54, 1.807) is 13.8 Å². The number of aromatic amines is 1. The molecule has 0 aromatic carbocycles.